The standard InChI is InChI=1S/C46H74N8O7/c1-13-30(6)41(53(10)46(59)39(28(2)3)51-45(58)40(29(4)5)52(8)9)37(60-11)26-38(55)54-24-16-18-36(54)42(61-12)31(7)43(56)50-35(25-34-17-14-15-23-48-34)44(57)49-27-32-19-21-33(47)22-20-32/h14-15,17,19-23,28-31,35-37,39-42H,13,16,18,24-27,47H2,1-12H3,(H,49,57)(H,50,56)(H,51,58)/t30-,31+,35-,36-,37+,39?,40-,41-,42+/m0/s1. The minimum absolute atomic E-state index is 0.00821. The maximum Gasteiger partial charge on any atom is 0.245 e. The van der Waals surface area contributed by atoms with Gasteiger partial charge >= 0.3 is 0 Å². The quantitative estimate of drug-likeness (QED) is 0.120. The summed E-state index contributed by atoms with van der Waals surface area (Å²) >= 11 is 0. The molecule has 15 nitrogen and oxygen atoms in total. The van der Waals surface area contributed by atoms with E-state index in [4.69, 9.17) is 15.2 Å². The second-order valence-electron chi connectivity index (χ2n) is 17.5. The van der Waals surface area contributed by atoms with Crippen LogP contribution in [0, 0.1) is 23.7 Å². The summed E-state index contributed by atoms with van der Waals surface area (Å²) in [5.41, 5.74) is 7.95. The van der Waals surface area contributed by atoms with Crippen molar-refractivity contribution in [2.45, 2.75) is 130 Å². The van der Waals surface area contributed by atoms with Crippen molar-refractivity contribution in [3.05, 3.63) is 59.9 Å². The third-order valence-electron chi connectivity index (χ3n) is 12.2. The number of rotatable bonds is 23. The van der Waals surface area contributed by atoms with Crippen molar-refractivity contribution >= 4 is 35.2 Å². The Morgan fingerprint density at radius 1 is 0.885 bits per heavy atom. The van der Waals surface area contributed by atoms with E-state index in [2.05, 4.69) is 20.9 Å². The zero-order valence-electron chi connectivity index (χ0n) is 38.6. The summed E-state index contributed by atoms with van der Waals surface area (Å²) in [6.45, 7) is 14.3. The lowest BCUT2D eigenvalue weighted by atomic mass is 9.89. The number of amides is 5. The molecule has 0 saturated carbocycles. The Hall–Kier alpha value is -4.60. The number of aromatic nitrogens is 1. The number of likely N-dealkylation sites (tertiary alicyclic amines) is 1. The molecule has 1 saturated heterocycles. The molecule has 0 bridgehead atoms. The largest absolute Gasteiger partial charge is 0.399 e. The smallest absolute Gasteiger partial charge is 0.245 e. The number of hydrogen-bond acceptors (Lipinski definition) is 10. The van der Waals surface area contributed by atoms with E-state index in [9.17, 15) is 24.0 Å². The molecule has 0 radical (unpaired) electrons. The number of pyridine rings is 1. The first kappa shape index (κ1) is 50.8. The number of carbonyl (C=O) groups excluding carboxylic acids is 5. The molecular weight excluding hydrogens is 777 g/mol. The Kier molecular flexibility index (Phi) is 20.1. The normalized spacial score (nSPS) is 18.1. The SMILES string of the molecule is CC[C@H](C)[C@@H]([C@@H](CC(=O)N1CCC[C@H]1[C@H](OC)[C@@H](C)C(=O)N[C@@H](Cc1ccccn1)C(=O)NCc1ccc(N)cc1)OC)N(C)C(=O)C(NC(=O)[C@H](C(C)C)N(C)C)C(C)C. The van der Waals surface area contributed by atoms with E-state index in [0.717, 1.165) is 12.0 Å². The molecule has 3 rings (SSSR count). The van der Waals surface area contributed by atoms with Crippen molar-refractivity contribution in [3.63, 3.8) is 0 Å². The molecule has 9 atom stereocenters. The number of benzene rings is 1. The first-order valence-electron chi connectivity index (χ1n) is 21.8. The molecule has 15 heteroatoms. The van der Waals surface area contributed by atoms with Gasteiger partial charge in [-0.3, -0.25) is 33.9 Å². The molecule has 1 aliphatic rings. The maximum atomic E-state index is 14.4. The fourth-order valence-corrected chi connectivity index (χ4v) is 8.60. The van der Waals surface area contributed by atoms with Gasteiger partial charge in [0.2, 0.25) is 29.5 Å². The monoisotopic (exact) mass is 851 g/mol. The zero-order valence-corrected chi connectivity index (χ0v) is 38.6. The molecule has 0 aliphatic carbocycles. The Bertz CT molecular complexity index is 1700. The van der Waals surface area contributed by atoms with Gasteiger partial charge in [-0.1, -0.05) is 73.1 Å². The third-order valence-corrected chi connectivity index (χ3v) is 12.2. The summed E-state index contributed by atoms with van der Waals surface area (Å²) in [4.78, 5) is 79.5. The number of nitrogens with one attached hydrogen (secondary N) is 3. The lowest BCUT2D eigenvalue weighted by Gasteiger charge is -2.41. The molecule has 1 aliphatic heterocycles. The van der Waals surface area contributed by atoms with E-state index in [1.807, 2.05) is 78.7 Å². The number of likely N-dealkylation sites (N-methyl/N-ethyl adjacent to an activating group) is 2. The van der Waals surface area contributed by atoms with Crippen molar-refractivity contribution < 1.29 is 33.4 Å². The fraction of sp³-hybridized carbons (Fsp3) is 0.652. The predicted molar refractivity (Wildman–Crippen MR) is 238 cm³/mol. The van der Waals surface area contributed by atoms with Crippen LogP contribution in [0.25, 0.3) is 0 Å². The third kappa shape index (κ3) is 14.0. The number of methoxy groups -OCH3 is 2. The van der Waals surface area contributed by atoms with Gasteiger partial charge in [-0.15, -0.1) is 0 Å². The summed E-state index contributed by atoms with van der Waals surface area (Å²) in [6.07, 6.45) is 2.52. The highest BCUT2D eigenvalue weighted by atomic mass is 16.5. The van der Waals surface area contributed by atoms with Crippen LogP contribution in [-0.4, -0.2) is 134 Å². The van der Waals surface area contributed by atoms with Gasteiger partial charge < -0.3 is 41.0 Å². The molecule has 61 heavy (non-hydrogen) atoms. The molecule has 1 fully saturated rings. The number of ether oxygens (including phenoxy) is 2. The lowest BCUT2D eigenvalue weighted by Crippen LogP contribution is -2.59. The summed E-state index contributed by atoms with van der Waals surface area (Å²) in [5, 5.41) is 8.93. The van der Waals surface area contributed by atoms with E-state index in [1.54, 1.807) is 61.3 Å². The molecule has 5 N–H and O–H groups in total. The molecule has 1 aromatic heterocycles. The van der Waals surface area contributed by atoms with Crippen molar-refractivity contribution in [1.29, 1.82) is 0 Å². The fourth-order valence-electron chi connectivity index (χ4n) is 8.60. The summed E-state index contributed by atoms with van der Waals surface area (Å²) in [7, 11) is 8.51. The maximum absolute atomic E-state index is 14.4. The average Bonchev–Trinajstić information content (AvgIpc) is 3.71. The first-order valence-corrected chi connectivity index (χ1v) is 21.8. The first-order chi connectivity index (χ1) is 28.9. The van der Waals surface area contributed by atoms with Crippen LogP contribution in [0.3, 0.4) is 0 Å². The highest BCUT2D eigenvalue weighted by Crippen LogP contribution is 2.30. The van der Waals surface area contributed by atoms with Gasteiger partial charge in [0.05, 0.1) is 42.7 Å². The Labute approximate surface area is 364 Å². The van der Waals surface area contributed by atoms with E-state index < -0.39 is 54.2 Å². The van der Waals surface area contributed by atoms with Crippen molar-refractivity contribution in [2.24, 2.45) is 23.7 Å². The Balaban J connectivity index is 1.79. The van der Waals surface area contributed by atoms with Crippen molar-refractivity contribution in [3.8, 4) is 0 Å². The number of nitrogens with zero attached hydrogens (tertiary/aromatic N) is 4. The van der Waals surface area contributed by atoms with Crippen molar-refractivity contribution in [2.75, 3.05) is 47.6 Å². The number of hydrogen-bond donors (Lipinski definition) is 4. The van der Waals surface area contributed by atoms with Crippen LogP contribution < -0.4 is 21.7 Å². The summed E-state index contributed by atoms with van der Waals surface area (Å²) < 4.78 is 12.1. The van der Waals surface area contributed by atoms with Gasteiger partial charge in [-0.2, -0.15) is 0 Å². The van der Waals surface area contributed by atoms with Crippen LogP contribution in [0.5, 0.6) is 0 Å². The second kappa shape index (κ2) is 24.1. The minimum atomic E-state index is -0.926. The Morgan fingerprint density at radius 2 is 1.56 bits per heavy atom. The van der Waals surface area contributed by atoms with E-state index in [-0.39, 0.29) is 60.8 Å². The number of carbonyl (C=O) groups is 5. The highest BCUT2D eigenvalue weighted by Gasteiger charge is 2.43. The zero-order chi connectivity index (χ0) is 45.6. The second-order valence-corrected chi connectivity index (χ2v) is 17.5. The predicted octanol–water partition coefficient (Wildman–Crippen LogP) is 3.65. The number of nitrogen functional groups attached to an aromatic ring is 1. The molecular formula is C46H74N8O7. The van der Waals surface area contributed by atoms with Gasteiger partial charge in [0.1, 0.15) is 12.1 Å². The topological polar surface area (TPSA) is 189 Å². The highest BCUT2D eigenvalue weighted by molar-refractivity contribution is 5.90. The lowest BCUT2D eigenvalue weighted by molar-refractivity contribution is -0.148. The average molecular weight is 851 g/mol. The van der Waals surface area contributed by atoms with E-state index >= 15 is 0 Å². The van der Waals surface area contributed by atoms with E-state index in [0.29, 0.717) is 30.8 Å². The Morgan fingerprint density at radius 3 is 2.10 bits per heavy atom. The summed E-state index contributed by atoms with van der Waals surface area (Å²) in [5.74, 6) is -2.34. The van der Waals surface area contributed by atoms with Crippen molar-refractivity contribution in [1.82, 2.24) is 35.6 Å². The molecule has 0 spiro atoms. The van der Waals surface area contributed by atoms with Crippen LogP contribution in [0.15, 0.2) is 48.7 Å². The van der Waals surface area contributed by atoms with Crippen LogP contribution >= 0.6 is 0 Å². The van der Waals surface area contributed by atoms with Gasteiger partial charge in [0.25, 0.3) is 0 Å². The van der Waals surface area contributed by atoms with Gasteiger partial charge in [0, 0.05) is 58.4 Å². The van der Waals surface area contributed by atoms with E-state index in [1.165, 1.54) is 7.11 Å². The summed E-state index contributed by atoms with van der Waals surface area (Å²) in [6, 6.07) is 9.58. The molecule has 5 amide bonds. The number of anilines is 1. The van der Waals surface area contributed by atoms with Gasteiger partial charge in [0.15, 0.2) is 0 Å². The minimum Gasteiger partial charge on any atom is -0.399 e. The van der Waals surface area contributed by atoms with Crippen LogP contribution in [-0.2, 0) is 46.4 Å². The number of nitrogens with two attached hydrogens (primary N) is 1. The van der Waals surface area contributed by atoms with Crippen LogP contribution in [0.2, 0.25) is 0 Å². The van der Waals surface area contributed by atoms with Crippen LogP contribution in [0.4, 0.5) is 5.69 Å². The van der Waals surface area contributed by atoms with Crippen LogP contribution in [0.1, 0.15) is 85.4 Å². The van der Waals surface area contributed by atoms with Gasteiger partial charge in [-0.25, -0.2) is 0 Å². The molecule has 1 aromatic carbocycles. The molecule has 340 valence electrons. The molecule has 2 heterocycles. The molecule has 1 unspecified atom stereocenters. The van der Waals surface area contributed by atoms with Gasteiger partial charge in [-0.05, 0) is 74.5 Å². The molecule has 2 aromatic rings.